The van der Waals surface area contributed by atoms with Crippen molar-refractivity contribution in [2.75, 3.05) is 0 Å². The summed E-state index contributed by atoms with van der Waals surface area (Å²) >= 11 is 6.12. The molecule has 2 aromatic heterocycles. The molecule has 0 spiro atoms. The molecule has 30 heavy (non-hydrogen) atoms. The molecule has 0 saturated heterocycles. The normalized spacial score (nSPS) is 15.8. The molecular formula is C19H17ClN6O4. The number of amides is 1. The van der Waals surface area contributed by atoms with Crippen LogP contribution in [0.25, 0.3) is 5.78 Å². The highest BCUT2D eigenvalue weighted by atomic mass is 35.5. The van der Waals surface area contributed by atoms with Crippen LogP contribution in [0, 0.1) is 13.8 Å². The van der Waals surface area contributed by atoms with Crippen LogP contribution in [-0.4, -0.2) is 42.4 Å². The van der Waals surface area contributed by atoms with E-state index in [2.05, 4.69) is 20.2 Å². The summed E-state index contributed by atoms with van der Waals surface area (Å²) in [5, 5.41) is 10.1. The third-order valence-electron chi connectivity index (χ3n) is 4.27. The van der Waals surface area contributed by atoms with E-state index >= 15 is 0 Å². The Labute approximate surface area is 176 Å². The summed E-state index contributed by atoms with van der Waals surface area (Å²) in [6.45, 7) is 6.34. The van der Waals surface area contributed by atoms with Crippen LogP contribution < -0.4 is 4.74 Å². The van der Waals surface area contributed by atoms with Crippen molar-refractivity contribution in [3.05, 3.63) is 52.1 Å². The van der Waals surface area contributed by atoms with Crippen LogP contribution in [0.1, 0.15) is 42.9 Å². The number of halogens is 1. The molecule has 10 nitrogen and oxygen atoms in total. The van der Waals surface area contributed by atoms with Gasteiger partial charge in [0.1, 0.15) is 5.75 Å². The number of esters is 1. The van der Waals surface area contributed by atoms with Crippen molar-refractivity contribution >= 4 is 35.2 Å². The monoisotopic (exact) mass is 428 g/mol. The second kappa shape index (κ2) is 7.38. The molecule has 0 aliphatic carbocycles. The van der Waals surface area contributed by atoms with Crippen molar-refractivity contribution in [1.82, 2.24) is 24.6 Å². The van der Waals surface area contributed by atoms with E-state index in [4.69, 9.17) is 21.1 Å². The van der Waals surface area contributed by atoms with Crippen molar-refractivity contribution in [3.8, 4) is 5.75 Å². The van der Waals surface area contributed by atoms with Gasteiger partial charge >= 0.3 is 5.97 Å². The number of nitrogens with zero attached hydrogens (tertiary/aromatic N) is 6. The number of fused-ring (bicyclic) bond motifs is 1. The third-order valence-corrected chi connectivity index (χ3v) is 4.50. The first kappa shape index (κ1) is 19.8. The van der Waals surface area contributed by atoms with Crippen LogP contribution in [0.15, 0.2) is 29.4 Å². The lowest BCUT2D eigenvalue weighted by Crippen LogP contribution is -2.26. The third kappa shape index (κ3) is 3.57. The Kier molecular flexibility index (Phi) is 4.86. The Morgan fingerprint density at radius 2 is 1.93 bits per heavy atom. The van der Waals surface area contributed by atoms with Gasteiger partial charge in [0.2, 0.25) is 18.0 Å². The number of carbonyl (C=O) groups is 2. The quantitative estimate of drug-likeness (QED) is 0.465. The Hall–Kier alpha value is -3.53. The molecule has 1 amide bonds. The fourth-order valence-electron chi connectivity index (χ4n) is 3.07. The molecule has 0 radical (unpaired) electrons. The topological polar surface area (TPSA) is 111 Å². The van der Waals surface area contributed by atoms with Gasteiger partial charge in [0.25, 0.3) is 11.7 Å². The van der Waals surface area contributed by atoms with Gasteiger partial charge in [-0.05, 0) is 38.1 Å². The van der Waals surface area contributed by atoms with Crippen molar-refractivity contribution < 1.29 is 19.1 Å². The second-order valence-electron chi connectivity index (χ2n) is 6.70. The lowest BCUT2D eigenvalue weighted by atomic mass is 10.1. The van der Waals surface area contributed by atoms with Crippen molar-refractivity contribution in [2.45, 2.75) is 33.9 Å². The van der Waals surface area contributed by atoms with E-state index in [1.54, 1.807) is 16.6 Å². The molecule has 1 aliphatic heterocycles. The average Bonchev–Trinajstić information content (AvgIpc) is 3.27. The molecule has 0 N–H and O–H groups in total. The van der Waals surface area contributed by atoms with Crippen molar-refractivity contribution in [1.29, 1.82) is 0 Å². The summed E-state index contributed by atoms with van der Waals surface area (Å²) in [7, 11) is 0. The predicted molar refractivity (Wildman–Crippen MR) is 106 cm³/mol. The number of benzene rings is 1. The average molecular weight is 429 g/mol. The number of hydrogen-bond acceptors (Lipinski definition) is 8. The van der Waals surface area contributed by atoms with Gasteiger partial charge in [-0.2, -0.15) is 9.99 Å². The van der Waals surface area contributed by atoms with Gasteiger partial charge in [-0.15, -0.1) is 10.2 Å². The first-order chi connectivity index (χ1) is 14.2. The van der Waals surface area contributed by atoms with Crippen LogP contribution >= 0.6 is 11.6 Å². The maximum atomic E-state index is 12.2. The van der Waals surface area contributed by atoms with Gasteiger partial charge in [0, 0.05) is 30.3 Å². The molecule has 3 heterocycles. The zero-order chi connectivity index (χ0) is 21.6. The lowest BCUT2D eigenvalue weighted by molar-refractivity contribution is -0.135. The van der Waals surface area contributed by atoms with Gasteiger partial charge in [0.15, 0.2) is 0 Å². The number of hydrogen-bond donors (Lipinski definition) is 0. The Balaban J connectivity index is 1.76. The molecule has 11 heteroatoms. The first-order valence-corrected chi connectivity index (χ1v) is 9.35. The van der Waals surface area contributed by atoms with Crippen molar-refractivity contribution in [3.63, 3.8) is 0 Å². The molecule has 1 aromatic carbocycles. The van der Waals surface area contributed by atoms with E-state index in [0.29, 0.717) is 16.4 Å². The van der Waals surface area contributed by atoms with Crippen molar-refractivity contribution in [2.24, 2.45) is 5.10 Å². The highest BCUT2D eigenvalue weighted by molar-refractivity contribution is 6.30. The van der Waals surface area contributed by atoms with Gasteiger partial charge < -0.3 is 9.47 Å². The number of aryl methyl sites for hydroxylation is 2. The highest BCUT2D eigenvalue weighted by Crippen LogP contribution is 2.37. The SMILES string of the molecule is CC(=O)Oc1ccc(Cl)cc1C1OC(c2nc3nc(C)cc(C)n3n2)=NN1C(C)=O. The molecule has 154 valence electrons. The van der Waals surface area contributed by atoms with Crippen LogP contribution in [0.2, 0.25) is 5.02 Å². The summed E-state index contributed by atoms with van der Waals surface area (Å²) in [6, 6.07) is 6.51. The van der Waals surface area contributed by atoms with Gasteiger partial charge in [-0.1, -0.05) is 11.6 Å². The van der Waals surface area contributed by atoms with Gasteiger partial charge in [-0.25, -0.2) is 9.50 Å². The van der Waals surface area contributed by atoms with E-state index in [0.717, 1.165) is 16.4 Å². The summed E-state index contributed by atoms with van der Waals surface area (Å²) < 4.78 is 12.7. The van der Waals surface area contributed by atoms with E-state index in [9.17, 15) is 9.59 Å². The highest BCUT2D eigenvalue weighted by Gasteiger charge is 2.37. The molecule has 0 bridgehead atoms. The Morgan fingerprint density at radius 3 is 2.63 bits per heavy atom. The molecule has 0 fully saturated rings. The smallest absolute Gasteiger partial charge is 0.308 e. The largest absolute Gasteiger partial charge is 0.443 e. The fraction of sp³-hybridized carbons (Fsp3) is 0.263. The summed E-state index contributed by atoms with van der Waals surface area (Å²) in [5.74, 6) is -0.123. The maximum Gasteiger partial charge on any atom is 0.308 e. The van der Waals surface area contributed by atoms with E-state index in [1.165, 1.54) is 19.9 Å². The summed E-state index contributed by atoms with van der Waals surface area (Å²) in [5.41, 5.74) is 1.99. The van der Waals surface area contributed by atoms with E-state index < -0.39 is 18.1 Å². The second-order valence-corrected chi connectivity index (χ2v) is 7.14. The molecule has 1 atom stereocenters. The van der Waals surface area contributed by atoms with E-state index in [1.807, 2.05) is 19.9 Å². The molecule has 3 aromatic rings. The Morgan fingerprint density at radius 1 is 1.17 bits per heavy atom. The summed E-state index contributed by atoms with van der Waals surface area (Å²) in [4.78, 5) is 32.4. The fourth-order valence-corrected chi connectivity index (χ4v) is 3.26. The molecule has 1 aliphatic rings. The zero-order valence-electron chi connectivity index (χ0n) is 16.6. The molecular weight excluding hydrogens is 412 g/mol. The standard InChI is InChI=1S/C19H17ClN6O4/c1-9-7-10(2)25-19(21-9)22-16(23-25)17-24-26(11(3)27)18(30-17)14-8-13(20)5-6-15(14)29-12(4)28/h5-8,18H,1-4H3. The number of rotatable bonds is 3. The zero-order valence-corrected chi connectivity index (χ0v) is 17.3. The minimum Gasteiger partial charge on any atom is -0.443 e. The van der Waals surface area contributed by atoms with Crippen LogP contribution in [0.3, 0.4) is 0 Å². The summed E-state index contributed by atoms with van der Waals surface area (Å²) in [6.07, 6.45) is -1.01. The van der Waals surface area contributed by atoms with Gasteiger partial charge in [-0.3, -0.25) is 9.59 Å². The van der Waals surface area contributed by atoms with Crippen LogP contribution in [0.4, 0.5) is 0 Å². The van der Waals surface area contributed by atoms with Crippen LogP contribution in [0.5, 0.6) is 5.75 Å². The first-order valence-electron chi connectivity index (χ1n) is 8.97. The molecule has 4 rings (SSSR count). The minimum atomic E-state index is -1.01. The van der Waals surface area contributed by atoms with Gasteiger partial charge in [0.05, 0.1) is 5.56 Å². The number of carbonyl (C=O) groups excluding carboxylic acids is 2. The Bertz CT molecular complexity index is 1220. The lowest BCUT2D eigenvalue weighted by Gasteiger charge is -2.21. The minimum absolute atomic E-state index is 0.0338. The number of ether oxygens (including phenoxy) is 2. The molecule has 1 unspecified atom stereocenters. The van der Waals surface area contributed by atoms with Crippen LogP contribution in [-0.2, 0) is 14.3 Å². The number of hydrazone groups is 1. The number of aromatic nitrogens is 4. The van der Waals surface area contributed by atoms with E-state index in [-0.39, 0.29) is 17.5 Å². The maximum absolute atomic E-state index is 12.2. The molecule has 0 saturated carbocycles. The predicted octanol–water partition coefficient (Wildman–Crippen LogP) is 2.56.